The summed E-state index contributed by atoms with van der Waals surface area (Å²) in [6.45, 7) is 3.97. The Balaban J connectivity index is 1.85. The zero-order valence-electron chi connectivity index (χ0n) is 9.20. The van der Waals surface area contributed by atoms with Crippen molar-refractivity contribution >= 4 is 5.69 Å². The summed E-state index contributed by atoms with van der Waals surface area (Å²) in [5.74, 6) is 1.67. The van der Waals surface area contributed by atoms with Crippen LogP contribution in [0.1, 0.15) is 26.2 Å². The first-order valence-electron chi connectivity index (χ1n) is 5.70. The first-order chi connectivity index (χ1) is 7.38. The summed E-state index contributed by atoms with van der Waals surface area (Å²) in [5.41, 5.74) is 1.05. The smallest absolute Gasteiger partial charge is 0.139 e. The van der Waals surface area contributed by atoms with Gasteiger partial charge in [-0.1, -0.05) is 6.92 Å². The molecular formula is C12H18N2O. The van der Waals surface area contributed by atoms with Crippen molar-refractivity contribution in [2.24, 2.45) is 5.92 Å². The predicted octanol–water partition coefficient (Wildman–Crippen LogP) is 2.69. The van der Waals surface area contributed by atoms with E-state index in [2.05, 4.69) is 17.2 Å². The summed E-state index contributed by atoms with van der Waals surface area (Å²) >= 11 is 0. The molecular weight excluding hydrogens is 188 g/mol. The van der Waals surface area contributed by atoms with Crippen LogP contribution >= 0.6 is 0 Å². The van der Waals surface area contributed by atoms with Gasteiger partial charge in [-0.25, -0.2) is 0 Å². The van der Waals surface area contributed by atoms with E-state index in [1.807, 2.05) is 12.3 Å². The molecule has 1 heterocycles. The van der Waals surface area contributed by atoms with Crippen LogP contribution in [0.4, 0.5) is 5.69 Å². The molecule has 0 radical (unpaired) electrons. The molecule has 15 heavy (non-hydrogen) atoms. The van der Waals surface area contributed by atoms with Crippen LogP contribution in [0.25, 0.3) is 0 Å². The predicted molar refractivity (Wildman–Crippen MR) is 61.2 cm³/mol. The Kier molecular flexibility index (Phi) is 3.43. The van der Waals surface area contributed by atoms with Gasteiger partial charge in [0.1, 0.15) is 5.75 Å². The average molecular weight is 206 g/mol. The van der Waals surface area contributed by atoms with Gasteiger partial charge < -0.3 is 10.1 Å². The van der Waals surface area contributed by atoms with Crippen molar-refractivity contribution in [3.05, 3.63) is 18.5 Å². The molecule has 0 amide bonds. The van der Waals surface area contributed by atoms with E-state index >= 15 is 0 Å². The fraction of sp³-hybridized carbons (Fsp3) is 0.583. The van der Waals surface area contributed by atoms with Crippen molar-refractivity contribution in [3.8, 4) is 5.75 Å². The minimum Gasteiger partial charge on any atom is -0.492 e. The molecule has 1 saturated carbocycles. The van der Waals surface area contributed by atoms with E-state index in [0.29, 0.717) is 0 Å². The molecule has 3 nitrogen and oxygen atoms in total. The molecule has 0 saturated heterocycles. The Morgan fingerprint density at radius 2 is 2.33 bits per heavy atom. The molecule has 1 N–H and O–H groups in total. The summed E-state index contributed by atoms with van der Waals surface area (Å²) in [7, 11) is 0. The van der Waals surface area contributed by atoms with Gasteiger partial charge in [0.15, 0.2) is 0 Å². The highest BCUT2D eigenvalue weighted by molar-refractivity contribution is 5.44. The molecule has 1 aliphatic rings. The maximum Gasteiger partial charge on any atom is 0.139 e. The first kappa shape index (κ1) is 10.3. The van der Waals surface area contributed by atoms with E-state index in [1.165, 1.54) is 12.8 Å². The molecule has 0 unspecified atom stereocenters. The third-order valence-electron chi connectivity index (χ3n) is 2.47. The van der Waals surface area contributed by atoms with E-state index in [9.17, 15) is 0 Å². The summed E-state index contributed by atoms with van der Waals surface area (Å²) < 4.78 is 5.65. The average Bonchev–Trinajstić information content (AvgIpc) is 3.08. The topological polar surface area (TPSA) is 34.2 Å². The largest absolute Gasteiger partial charge is 0.492 e. The molecule has 1 aromatic rings. The minimum atomic E-state index is 0.789. The molecule has 3 heteroatoms. The third kappa shape index (κ3) is 3.42. The number of pyridine rings is 1. The lowest BCUT2D eigenvalue weighted by Crippen LogP contribution is -2.02. The second kappa shape index (κ2) is 5.01. The fourth-order valence-electron chi connectivity index (χ4n) is 1.36. The number of hydrogen-bond acceptors (Lipinski definition) is 3. The molecule has 0 bridgehead atoms. The second-order valence-electron chi connectivity index (χ2n) is 4.09. The SMILES string of the molecule is CCCNc1cncc(OCC2CC2)c1. The van der Waals surface area contributed by atoms with E-state index in [-0.39, 0.29) is 0 Å². The second-order valence-corrected chi connectivity index (χ2v) is 4.09. The molecule has 0 aromatic carbocycles. The van der Waals surface area contributed by atoms with Crippen LogP contribution in [-0.4, -0.2) is 18.1 Å². The Morgan fingerprint density at radius 1 is 1.47 bits per heavy atom. The van der Waals surface area contributed by atoms with Gasteiger partial charge in [0, 0.05) is 12.6 Å². The molecule has 1 aliphatic carbocycles. The monoisotopic (exact) mass is 206 g/mol. The Labute approximate surface area is 90.9 Å². The zero-order valence-corrected chi connectivity index (χ0v) is 9.20. The van der Waals surface area contributed by atoms with Crippen molar-refractivity contribution in [1.29, 1.82) is 0 Å². The van der Waals surface area contributed by atoms with Crippen LogP contribution in [0.2, 0.25) is 0 Å². The number of nitrogens with zero attached hydrogens (tertiary/aromatic N) is 1. The summed E-state index contributed by atoms with van der Waals surface area (Å²) in [6, 6.07) is 2.02. The van der Waals surface area contributed by atoms with Crippen molar-refractivity contribution in [2.45, 2.75) is 26.2 Å². The summed E-state index contributed by atoms with van der Waals surface area (Å²) in [6.07, 6.45) is 7.37. The standard InChI is InChI=1S/C12H18N2O/c1-2-5-14-11-6-12(8-13-7-11)15-9-10-3-4-10/h6-8,10,14H,2-5,9H2,1H3. The Hall–Kier alpha value is -1.25. The third-order valence-corrected chi connectivity index (χ3v) is 2.47. The Bertz CT molecular complexity index is 310. The van der Waals surface area contributed by atoms with E-state index in [0.717, 1.165) is 36.9 Å². The van der Waals surface area contributed by atoms with E-state index in [4.69, 9.17) is 4.74 Å². The minimum absolute atomic E-state index is 0.789. The van der Waals surface area contributed by atoms with Gasteiger partial charge in [-0.15, -0.1) is 0 Å². The van der Waals surface area contributed by atoms with Gasteiger partial charge in [0.2, 0.25) is 0 Å². The maximum atomic E-state index is 5.65. The molecule has 1 aromatic heterocycles. The normalized spacial score (nSPS) is 15.0. The maximum absolute atomic E-state index is 5.65. The molecule has 2 rings (SSSR count). The van der Waals surface area contributed by atoms with Crippen LogP contribution < -0.4 is 10.1 Å². The lowest BCUT2D eigenvalue weighted by atomic mass is 10.3. The number of anilines is 1. The number of hydrogen-bond donors (Lipinski definition) is 1. The number of rotatable bonds is 6. The summed E-state index contributed by atoms with van der Waals surface area (Å²) in [5, 5.41) is 3.30. The fourth-order valence-corrected chi connectivity index (χ4v) is 1.36. The summed E-state index contributed by atoms with van der Waals surface area (Å²) in [4.78, 5) is 4.15. The van der Waals surface area contributed by atoms with Gasteiger partial charge in [-0.05, 0) is 25.2 Å². The lowest BCUT2D eigenvalue weighted by Gasteiger charge is -2.07. The van der Waals surface area contributed by atoms with Crippen molar-refractivity contribution < 1.29 is 4.74 Å². The molecule has 0 aliphatic heterocycles. The van der Waals surface area contributed by atoms with Crippen molar-refractivity contribution in [2.75, 3.05) is 18.5 Å². The van der Waals surface area contributed by atoms with Crippen molar-refractivity contribution in [1.82, 2.24) is 4.98 Å². The van der Waals surface area contributed by atoms with Gasteiger partial charge >= 0.3 is 0 Å². The van der Waals surface area contributed by atoms with Crippen LogP contribution in [0.3, 0.4) is 0 Å². The van der Waals surface area contributed by atoms with Gasteiger partial charge in [-0.2, -0.15) is 0 Å². The van der Waals surface area contributed by atoms with E-state index in [1.54, 1.807) is 6.20 Å². The molecule has 82 valence electrons. The van der Waals surface area contributed by atoms with Gasteiger partial charge in [0.25, 0.3) is 0 Å². The number of aromatic nitrogens is 1. The highest BCUT2D eigenvalue weighted by atomic mass is 16.5. The lowest BCUT2D eigenvalue weighted by molar-refractivity contribution is 0.299. The van der Waals surface area contributed by atoms with Gasteiger partial charge in [0.05, 0.1) is 24.7 Å². The number of ether oxygens (including phenoxy) is 1. The van der Waals surface area contributed by atoms with Crippen LogP contribution in [0, 0.1) is 5.92 Å². The van der Waals surface area contributed by atoms with E-state index < -0.39 is 0 Å². The molecule has 1 fully saturated rings. The highest BCUT2D eigenvalue weighted by Crippen LogP contribution is 2.29. The quantitative estimate of drug-likeness (QED) is 0.777. The zero-order chi connectivity index (χ0) is 10.5. The van der Waals surface area contributed by atoms with Crippen LogP contribution in [0.5, 0.6) is 5.75 Å². The first-order valence-corrected chi connectivity index (χ1v) is 5.70. The van der Waals surface area contributed by atoms with Crippen LogP contribution in [0.15, 0.2) is 18.5 Å². The van der Waals surface area contributed by atoms with Crippen molar-refractivity contribution in [3.63, 3.8) is 0 Å². The Morgan fingerprint density at radius 3 is 3.07 bits per heavy atom. The highest BCUT2D eigenvalue weighted by Gasteiger charge is 2.21. The molecule has 0 spiro atoms. The van der Waals surface area contributed by atoms with Gasteiger partial charge in [-0.3, -0.25) is 4.98 Å². The molecule has 0 atom stereocenters. The van der Waals surface area contributed by atoms with Crippen LogP contribution in [-0.2, 0) is 0 Å². The number of nitrogens with one attached hydrogen (secondary N) is 1.